The highest BCUT2D eigenvalue weighted by atomic mass is 16.6. The molecule has 0 aliphatic carbocycles. The predicted octanol–water partition coefficient (Wildman–Crippen LogP) is 3.23. The van der Waals surface area contributed by atoms with Crippen molar-refractivity contribution in [2.45, 2.75) is 56.5 Å². The van der Waals surface area contributed by atoms with Gasteiger partial charge in [-0.05, 0) is 59.9 Å². The highest BCUT2D eigenvalue weighted by Crippen LogP contribution is 2.47. The molecule has 2 aromatic carbocycles. The van der Waals surface area contributed by atoms with Gasteiger partial charge in [0.25, 0.3) is 0 Å². The highest BCUT2D eigenvalue weighted by Gasteiger charge is 2.46. The highest BCUT2D eigenvalue weighted by molar-refractivity contribution is 5.92. The maximum Gasteiger partial charge on any atom is 0.228 e. The third-order valence-corrected chi connectivity index (χ3v) is 7.78. The number of ether oxygens (including phenoxy) is 2. The van der Waals surface area contributed by atoms with E-state index in [1.807, 2.05) is 47.4 Å². The Bertz CT molecular complexity index is 1330. The number of aliphatic hydroxyl groups excluding tert-OH is 1. The van der Waals surface area contributed by atoms with Crippen LogP contribution in [0.2, 0.25) is 0 Å². The van der Waals surface area contributed by atoms with E-state index >= 15 is 0 Å². The molecule has 0 bridgehead atoms. The second-order valence-electron chi connectivity index (χ2n) is 10.3. The molecule has 4 heterocycles. The minimum absolute atomic E-state index is 0.0344. The topological polar surface area (TPSA) is 101 Å². The SMILES string of the molecule is O=C(Cc1ccncc1)Nc1ccc2c(c1)[C@@H]1C[C@H](CC(=O)N3CCc4ccccc4C3)O[C@H](CO)[C@@H]1O2. The third-order valence-electron chi connectivity index (χ3n) is 7.78. The van der Waals surface area contributed by atoms with E-state index in [2.05, 4.69) is 22.4 Å². The minimum Gasteiger partial charge on any atom is -0.487 e. The number of fused-ring (bicyclic) bond motifs is 4. The van der Waals surface area contributed by atoms with Crippen LogP contribution < -0.4 is 10.1 Å². The van der Waals surface area contributed by atoms with E-state index in [1.165, 1.54) is 11.1 Å². The largest absolute Gasteiger partial charge is 0.487 e. The first-order chi connectivity index (χ1) is 18.6. The summed E-state index contributed by atoms with van der Waals surface area (Å²) in [6.07, 6.45) is 4.15. The van der Waals surface area contributed by atoms with E-state index < -0.39 is 6.10 Å². The van der Waals surface area contributed by atoms with E-state index in [4.69, 9.17) is 9.47 Å². The van der Waals surface area contributed by atoms with Crippen LogP contribution in [0.5, 0.6) is 5.75 Å². The molecule has 0 unspecified atom stereocenters. The number of hydrogen-bond acceptors (Lipinski definition) is 6. The number of rotatable bonds is 6. The second-order valence-corrected chi connectivity index (χ2v) is 10.3. The lowest BCUT2D eigenvalue weighted by atomic mass is 9.84. The van der Waals surface area contributed by atoms with Gasteiger partial charge in [0.15, 0.2) is 0 Å². The molecule has 4 atom stereocenters. The van der Waals surface area contributed by atoms with E-state index in [9.17, 15) is 14.7 Å². The van der Waals surface area contributed by atoms with Crippen molar-refractivity contribution in [1.82, 2.24) is 9.88 Å². The van der Waals surface area contributed by atoms with Crippen LogP contribution in [0.15, 0.2) is 67.0 Å². The Morgan fingerprint density at radius 2 is 1.89 bits per heavy atom. The smallest absolute Gasteiger partial charge is 0.228 e. The number of amides is 2. The van der Waals surface area contributed by atoms with E-state index in [-0.39, 0.29) is 49.4 Å². The van der Waals surface area contributed by atoms with Gasteiger partial charge in [-0.3, -0.25) is 14.6 Å². The first-order valence-corrected chi connectivity index (χ1v) is 13.2. The fourth-order valence-electron chi connectivity index (χ4n) is 5.89. The van der Waals surface area contributed by atoms with Gasteiger partial charge < -0.3 is 24.8 Å². The van der Waals surface area contributed by atoms with Crippen molar-refractivity contribution in [2.24, 2.45) is 0 Å². The van der Waals surface area contributed by atoms with Crippen molar-refractivity contribution in [3.05, 3.63) is 89.2 Å². The quantitative estimate of drug-likeness (QED) is 0.525. The molecule has 0 radical (unpaired) electrons. The van der Waals surface area contributed by atoms with Gasteiger partial charge in [0.1, 0.15) is 18.0 Å². The summed E-state index contributed by atoms with van der Waals surface area (Å²) in [5.41, 5.74) is 5.06. The molecule has 6 rings (SSSR count). The first-order valence-electron chi connectivity index (χ1n) is 13.2. The number of aromatic nitrogens is 1. The lowest BCUT2D eigenvalue weighted by Crippen LogP contribution is -2.48. The number of anilines is 1. The molecule has 8 heteroatoms. The van der Waals surface area contributed by atoms with Gasteiger partial charge >= 0.3 is 0 Å². The van der Waals surface area contributed by atoms with Crippen molar-refractivity contribution in [1.29, 1.82) is 0 Å². The average molecular weight is 514 g/mol. The van der Waals surface area contributed by atoms with Crippen molar-refractivity contribution in [2.75, 3.05) is 18.5 Å². The van der Waals surface area contributed by atoms with Gasteiger partial charge in [-0.1, -0.05) is 24.3 Å². The molecule has 3 aromatic rings. The number of benzene rings is 2. The zero-order valence-corrected chi connectivity index (χ0v) is 21.1. The van der Waals surface area contributed by atoms with Crippen molar-refractivity contribution in [3.8, 4) is 5.75 Å². The number of hydrogen-bond donors (Lipinski definition) is 2. The van der Waals surface area contributed by atoms with Crippen LogP contribution in [0.3, 0.4) is 0 Å². The normalized spacial score (nSPS) is 23.6. The lowest BCUT2D eigenvalue weighted by Gasteiger charge is -2.38. The van der Waals surface area contributed by atoms with Crippen LogP contribution in [0.1, 0.15) is 41.0 Å². The number of nitrogens with one attached hydrogen (secondary N) is 1. The number of pyridine rings is 1. The summed E-state index contributed by atoms with van der Waals surface area (Å²) in [5, 5.41) is 13.1. The molecule has 2 amide bonds. The van der Waals surface area contributed by atoms with Crippen molar-refractivity contribution < 1.29 is 24.2 Å². The van der Waals surface area contributed by atoms with Crippen LogP contribution >= 0.6 is 0 Å². The number of carbonyl (C=O) groups excluding carboxylic acids is 2. The minimum atomic E-state index is -0.522. The fraction of sp³-hybridized carbons (Fsp3) is 0.367. The summed E-state index contributed by atoms with van der Waals surface area (Å²) in [4.78, 5) is 31.7. The molecule has 3 aliphatic heterocycles. The summed E-state index contributed by atoms with van der Waals surface area (Å²) in [6.45, 7) is 1.13. The molecule has 38 heavy (non-hydrogen) atoms. The van der Waals surface area contributed by atoms with Gasteiger partial charge in [0.2, 0.25) is 11.8 Å². The van der Waals surface area contributed by atoms with Crippen LogP contribution in [0, 0.1) is 0 Å². The van der Waals surface area contributed by atoms with Gasteiger partial charge in [0.05, 0.1) is 25.6 Å². The number of carbonyl (C=O) groups is 2. The van der Waals surface area contributed by atoms with Crippen molar-refractivity contribution in [3.63, 3.8) is 0 Å². The standard InChI is InChI=1S/C30H31N3O5/c34-18-27-30-25(15-23(37-27)16-29(36)33-12-9-20-3-1-2-4-21(20)17-33)24-14-22(5-6-26(24)38-30)32-28(35)13-19-7-10-31-11-8-19/h1-8,10-11,14,23,25,27,30,34H,9,12-13,15-18H2,(H,32,35)/t23-,25+,27-,30-/m1/s1. The molecule has 3 aliphatic rings. The zero-order chi connectivity index (χ0) is 26.1. The van der Waals surface area contributed by atoms with Gasteiger partial charge in [0, 0.05) is 42.7 Å². The summed E-state index contributed by atoms with van der Waals surface area (Å²) in [5.74, 6) is 0.649. The number of nitrogens with zero attached hydrogens (tertiary/aromatic N) is 2. The van der Waals surface area contributed by atoms with Crippen molar-refractivity contribution >= 4 is 17.5 Å². The van der Waals surface area contributed by atoms with E-state index in [1.54, 1.807) is 12.4 Å². The molecular weight excluding hydrogens is 482 g/mol. The Morgan fingerprint density at radius 3 is 2.71 bits per heavy atom. The molecule has 1 fully saturated rings. The summed E-state index contributed by atoms with van der Waals surface area (Å²) >= 11 is 0. The van der Waals surface area contributed by atoms with Crippen LogP contribution in [-0.4, -0.2) is 58.3 Å². The summed E-state index contributed by atoms with van der Waals surface area (Å²) < 4.78 is 12.4. The second kappa shape index (κ2) is 10.6. The Morgan fingerprint density at radius 1 is 1.08 bits per heavy atom. The molecule has 0 spiro atoms. The number of aliphatic hydroxyl groups is 1. The van der Waals surface area contributed by atoms with Crippen LogP contribution in [0.25, 0.3) is 0 Å². The Labute approximate surface area is 221 Å². The first kappa shape index (κ1) is 24.6. The van der Waals surface area contributed by atoms with Gasteiger partial charge in [-0.2, -0.15) is 0 Å². The Hall–Kier alpha value is -3.75. The predicted molar refractivity (Wildman–Crippen MR) is 141 cm³/mol. The maximum absolute atomic E-state index is 13.2. The maximum atomic E-state index is 13.2. The Kier molecular flexibility index (Phi) is 6.82. The lowest BCUT2D eigenvalue weighted by molar-refractivity contribution is -0.149. The van der Waals surface area contributed by atoms with E-state index in [0.717, 1.165) is 23.3 Å². The summed E-state index contributed by atoms with van der Waals surface area (Å²) in [7, 11) is 0. The molecule has 196 valence electrons. The van der Waals surface area contributed by atoms with Gasteiger partial charge in [-0.25, -0.2) is 0 Å². The van der Waals surface area contributed by atoms with Gasteiger partial charge in [-0.15, -0.1) is 0 Å². The van der Waals surface area contributed by atoms with Crippen LogP contribution in [-0.2, 0) is 33.7 Å². The zero-order valence-electron chi connectivity index (χ0n) is 21.1. The molecule has 2 N–H and O–H groups in total. The average Bonchev–Trinajstić information content (AvgIpc) is 3.30. The monoisotopic (exact) mass is 513 g/mol. The molecule has 1 saturated heterocycles. The summed E-state index contributed by atoms with van der Waals surface area (Å²) in [6, 6.07) is 17.5. The molecule has 1 aromatic heterocycles. The fourth-order valence-corrected chi connectivity index (χ4v) is 5.89. The van der Waals surface area contributed by atoms with Crippen LogP contribution in [0.4, 0.5) is 5.69 Å². The van der Waals surface area contributed by atoms with E-state index in [0.29, 0.717) is 25.2 Å². The molecule has 8 nitrogen and oxygen atoms in total. The molecular formula is C30H31N3O5. The third kappa shape index (κ3) is 5.01. The Balaban J connectivity index is 1.14. The molecule has 0 saturated carbocycles.